The molecular weight excluding hydrogens is 226 g/mol. The van der Waals surface area contributed by atoms with Crippen LogP contribution in [0.5, 0.6) is 0 Å². The molecule has 1 aliphatic rings. The molecule has 0 heterocycles. The summed E-state index contributed by atoms with van der Waals surface area (Å²) in [5.41, 5.74) is 0.783. The second-order valence-electron chi connectivity index (χ2n) is 4.92. The summed E-state index contributed by atoms with van der Waals surface area (Å²) in [6.07, 6.45) is 4.39. The highest BCUT2D eigenvalue weighted by atomic mass is 16.3. The van der Waals surface area contributed by atoms with E-state index in [-0.39, 0.29) is 12.4 Å². The van der Waals surface area contributed by atoms with Gasteiger partial charge in [0, 0.05) is 24.8 Å². The van der Waals surface area contributed by atoms with E-state index < -0.39 is 0 Å². The van der Waals surface area contributed by atoms with Crippen LogP contribution in [-0.2, 0) is 0 Å². The summed E-state index contributed by atoms with van der Waals surface area (Å²) in [4.78, 5) is 14.4. The number of carbonyl (C=O) groups excluding carboxylic acids is 1. The van der Waals surface area contributed by atoms with Crippen molar-refractivity contribution in [1.82, 2.24) is 4.90 Å². The number of rotatable bonds is 7. The smallest absolute Gasteiger partial charge is 0.176 e. The first-order valence-corrected chi connectivity index (χ1v) is 6.74. The molecule has 0 unspecified atom stereocenters. The number of hydrogen-bond donors (Lipinski definition) is 1. The number of aliphatic hydroxyl groups excluding tert-OH is 1. The molecule has 0 aromatic heterocycles. The quantitative estimate of drug-likeness (QED) is 0.750. The Kier molecular flexibility index (Phi) is 4.90. The summed E-state index contributed by atoms with van der Waals surface area (Å²) in [5.74, 6) is 0.181. The zero-order valence-electron chi connectivity index (χ0n) is 10.7. The average Bonchev–Trinajstić information content (AvgIpc) is 2.34. The van der Waals surface area contributed by atoms with Crippen LogP contribution in [0.4, 0.5) is 0 Å². The predicted molar refractivity (Wildman–Crippen MR) is 71.7 cm³/mol. The minimum absolute atomic E-state index is 0.181. The highest BCUT2D eigenvalue weighted by molar-refractivity contribution is 5.97. The number of aliphatic hydroxyl groups is 1. The summed E-state index contributed by atoms with van der Waals surface area (Å²) < 4.78 is 0. The third-order valence-electron chi connectivity index (χ3n) is 3.64. The van der Waals surface area contributed by atoms with Crippen molar-refractivity contribution in [2.75, 3.05) is 19.7 Å². The Morgan fingerprint density at radius 3 is 2.56 bits per heavy atom. The topological polar surface area (TPSA) is 40.5 Å². The molecule has 0 bridgehead atoms. The molecule has 1 aliphatic carbocycles. The maximum atomic E-state index is 12.2. The Morgan fingerprint density at radius 1 is 1.28 bits per heavy atom. The summed E-state index contributed by atoms with van der Waals surface area (Å²) in [5, 5.41) is 8.93. The van der Waals surface area contributed by atoms with Crippen molar-refractivity contribution in [3.05, 3.63) is 35.9 Å². The normalized spacial score (nSPS) is 15.7. The lowest BCUT2D eigenvalue weighted by Crippen LogP contribution is -2.43. The molecule has 0 atom stereocenters. The van der Waals surface area contributed by atoms with Gasteiger partial charge in [-0.2, -0.15) is 0 Å². The van der Waals surface area contributed by atoms with E-state index in [1.54, 1.807) is 0 Å². The number of benzene rings is 1. The molecule has 1 aromatic carbocycles. The second-order valence-corrected chi connectivity index (χ2v) is 4.92. The highest BCUT2D eigenvalue weighted by Gasteiger charge is 2.26. The number of nitrogens with zero attached hydrogens (tertiary/aromatic N) is 1. The highest BCUT2D eigenvalue weighted by Crippen LogP contribution is 2.25. The van der Waals surface area contributed by atoms with E-state index in [4.69, 9.17) is 5.11 Å². The molecule has 3 nitrogen and oxygen atoms in total. The fraction of sp³-hybridized carbons (Fsp3) is 0.533. The van der Waals surface area contributed by atoms with Gasteiger partial charge in [0.1, 0.15) is 0 Å². The van der Waals surface area contributed by atoms with E-state index in [1.165, 1.54) is 19.3 Å². The molecule has 0 radical (unpaired) electrons. The van der Waals surface area contributed by atoms with Crippen LogP contribution in [0.1, 0.15) is 36.0 Å². The SMILES string of the molecule is O=C(CN(CCCO)C1CCC1)c1ccccc1. The molecule has 0 saturated heterocycles. The summed E-state index contributed by atoms with van der Waals surface area (Å²) >= 11 is 0. The van der Waals surface area contributed by atoms with Crippen LogP contribution >= 0.6 is 0 Å². The van der Waals surface area contributed by atoms with Crippen molar-refractivity contribution in [3.63, 3.8) is 0 Å². The van der Waals surface area contributed by atoms with Gasteiger partial charge in [-0.3, -0.25) is 9.69 Å². The maximum Gasteiger partial charge on any atom is 0.176 e. The van der Waals surface area contributed by atoms with E-state index in [0.29, 0.717) is 12.6 Å². The fourth-order valence-corrected chi connectivity index (χ4v) is 2.32. The van der Waals surface area contributed by atoms with Crippen LogP contribution in [0.3, 0.4) is 0 Å². The number of hydrogen-bond acceptors (Lipinski definition) is 3. The molecule has 0 amide bonds. The van der Waals surface area contributed by atoms with Crippen LogP contribution in [0, 0.1) is 0 Å². The molecular formula is C15H21NO2. The summed E-state index contributed by atoms with van der Waals surface area (Å²) in [7, 11) is 0. The van der Waals surface area contributed by atoms with Crippen LogP contribution < -0.4 is 0 Å². The van der Waals surface area contributed by atoms with Gasteiger partial charge in [-0.25, -0.2) is 0 Å². The van der Waals surface area contributed by atoms with Crippen molar-refractivity contribution < 1.29 is 9.90 Å². The molecule has 98 valence electrons. The first kappa shape index (κ1) is 13.2. The van der Waals surface area contributed by atoms with Gasteiger partial charge >= 0.3 is 0 Å². The third kappa shape index (κ3) is 3.40. The monoisotopic (exact) mass is 247 g/mol. The van der Waals surface area contributed by atoms with Crippen molar-refractivity contribution in [2.24, 2.45) is 0 Å². The van der Waals surface area contributed by atoms with Crippen molar-refractivity contribution in [2.45, 2.75) is 31.7 Å². The van der Waals surface area contributed by atoms with Crippen molar-refractivity contribution >= 4 is 5.78 Å². The van der Waals surface area contributed by atoms with E-state index in [9.17, 15) is 4.79 Å². The molecule has 0 spiro atoms. The van der Waals surface area contributed by atoms with Gasteiger partial charge in [0.2, 0.25) is 0 Å². The molecule has 18 heavy (non-hydrogen) atoms. The lowest BCUT2D eigenvalue weighted by atomic mass is 9.91. The van der Waals surface area contributed by atoms with E-state index in [1.807, 2.05) is 30.3 Å². The van der Waals surface area contributed by atoms with E-state index >= 15 is 0 Å². The van der Waals surface area contributed by atoms with Crippen molar-refractivity contribution in [3.8, 4) is 0 Å². The average molecular weight is 247 g/mol. The van der Waals surface area contributed by atoms with Crippen molar-refractivity contribution in [1.29, 1.82) is 0 Å². The predicted octanol–water partition coefficient (Wildman–Crippen LogP) is 2.11. The zero-order chi connectivity index (χ0) is 12.8. The Morgan fingerprint density at radius 2 is 2.00 bits per heavy atom. The number of Topliss-reactive ketones (excluding diaryl/α,β-unsaturated/α-hetero) is 1. The van der Waals surface area contributed by atoms with Gasteiger partial charge < -0.3 is 5.11 Å². The second kappa shape index (κ2) is 6.66. The summed E-state index contributed by atoms with van der Waals surface area (Å²) in [6, 6.07) is 10.0. The molecule has 1 aromatic rings. The largest absolute Gasteiger partial charge is 0.396 e. The lowest BCUT2D eigenvalue weighted by Gasteiger charge is -2.37. The third-order valence-corrected chi connectivity index (χ3v) is 3.64. The van der Waals surface area contributed by atoms with Crippen LogP contribution in [0.15, 0.2) is 30.3 Å². The Labute approximate surface area is 108 Å². The Bertz CT molecular complexity index is 373. The van der Waals surface area contributed by atoms with Gasteiger partial charge in [-0.1, -0.05) is 36.8 Å². The molecule has 1 N–H and O–H groups in total. The van der Waals surface area contributed by atoms with E-state index in [0.717, 1.165) is 18.5 Å². The molecule has 2 rings (SSSR count). The Balaban J connectivity index is 1.93. The lowest BCUT2D eigenvalue weighted by molar-refractivity contribution is 0.0788. The minimum Gasteiger partial charge on any atom is -0.396 e. The molecule has 3 heteroatoms. The first-order chi connectivity index (χ1) is 8.81. The molecule has 1 saturated carbocycles. The van der Waals surface area contributed by atoms with Gasteiger partial charge in [-0.15, -0.1) is 0 Å². The molecule has 1 fully saturated rings. The maximum absolute atomic E-state index is 12.2. The minimum atomic E-state index is 0.181. The fourth-order valence-electron chi connectivity index (χ4n) is 2.32. The number of carbonyl (C=O) groups is 1. The van der Waals surface area contributed by atoms with Gasteiger partial charge in [0.25, 0.3) is 0 Å². The number of ketones is 1. The standard InChI is InChI=1S/C15H21NO2/c17-11-5-10-16(14-8-4-9-14)12-15(18)13-6-2-1-3-7-13/h1-3,6-7,14,17H,4-5,8-12H2. The summed E-state index contributed by atoms with van der Waals surface area (Å²) in [6.45, 7) is 1.50. The van der Waals surface area contributed by atoms with Gasteiger partial charge in [0.15, 0.2) is 5.78 Å². The first-order valence-electron chi connectivity index (χ1n) is 6.74. The van der Waals surface area contributed by atoms with Crippen LogP contribution in [0.2, 0.25) is 0 Å². The van der Waals surface area contributed by atoms with Gasteiger partial charge in [0.05, 0.1) is 6.54 Å². The Hall–Kier alpha value is -1.19. The zero-order valence-corrected chi connectivity index (χ0v) is 10.7. The van der Waals surface area contributed by atoms with Gasteiger partial charge in [-0.05, 0) is 19.3 Å². The van der Waals surface area contributed by atoms with Crippen LogP contribution in [-0.4, -0.2) is 41.5 Å². The van der Waals surface area contributed by atoms with E-state index in [2.05, 4.69) is 4.90 Å². The molecule has 0 aliphatic heterocycles. The van der Waals surface area contributed by atoms with Crippen LogP contribution in [0.25, 0.3) is 0 Å².